The first-order valence-electron chi connectivity index (χ1n) is 6.83. The predicted molar refractivity (Wildman–Crippen MR) is 72.5 cm³/mol. The Hall–Kier alpha value is -0.540. The molecule has 3 heteroatoms. The summed E-state index contributed by atoms with van der Waals surface area (Å²) >= 11 is 3.46. The zero-order valence-corrected chi connectivity index (χ0v) is 11.8. The van der Waals surface area contributed by atoms with Gasteiger partial charge in [-0.05, 0) is 55.7 Å². The summed E-state index contributed by atoms with van der Waals surface area (Å²) < 4.78 is 7.37. The van der Waals surface area contributed by atoms with Gasteiger partial charge < -0.3 is 9.84 Å². The average molecular weight is 309 g/mol. The second-order valence-electron chi connectivity index (χ2n) is 6.15. The second-order valence-corrected chi connectivity index (χ2v) is 7.06. The largest absolute Gasteiger partial charge is 0.486 e. The third-order valence-corrected chi connectivity index (χ3v) is 5.60. The molecule has 0 aromatic heterocycles. The first kappa shape index (κ1) is 11.3. The first-order chi connectivity index (χ1) is 8.66. The minimum absolute atomic E-state index is 0.0663. The molecule has 2 bridgehead atoms. The molecule has 2 aliphatic carbocycles. The summed E-state index contributed by atoms with van der Waals surface area (Å²) in [5, 5.41) is 10.4. The molecule has 96 valence electrons. The Labute approximate surface area is 115 Å². The van der Waals surface area contributed by atoms with Crippen LogP contribution < -0.4 is 4.74 Å². The number of halogens is 1. The van der Waals surface area contributed by atoms with E-state index in [0.29, 0.717) is 5.92 Å². The van der Waals surface area contributed by atoms with E-state index >= 15 is 0 Å². The van der Waals surface area contributed by atoms with E-state index in [-0.39, 0.29) is 11.7 Å². The van der Waals surface area contributed by atoms with Crippen LogP contribution in [0.1, 0.15) is 43.8 Å². The van der Waals surface area contributed by atoms with Crippen LogP contribution in [0.15, 0.2) is 22.7 Å². The molecule has 2 fully saturated rings. The van der Waals surface area contributed by atoms with Gasteiger partial charge in [0.2, 0.25) is 0 Å². The molecule has 1 N–H and O–H groups in total. The number of ether oxygens (including phenoxy) is 1. The normalized spacial score (nSPS) is 40.9. The fraction of sp³-hybridized carbons (Fsp3) is 0.600. The molecule has 2 saturated carbocycles. The predicted octanol–water partition coefficient (Wildman–Crippen LogP) is 3.82. The fourth-order valence-corrected chi connectivity index (χ4v) is 4.72. The number of fused-ring (bicyclic) bond motifs is 4. The Bertz CT molecular complexity index is 501. The number of aliphatic hydroxyl groups excluding tert-OH is 1. The minimum atomic E-state index is -0.370. The molecule has 4 atom stereocenters. The van der Waals surface area contributed by atoms with Crippen LogP contribution in [-0.2, 0) is 0 Å². The lowest BCUT2D eigenvalue weighted by Crippen LogP contribution is -2.45. The van der Waals surface area contributed by atoms with Crippen LogP contribution in [0.25, 0.3) is 0 Å². The van der Waals surface area contributed by atoms with Gasteiger partial charge in [0, 0.05) is 16.5 Å². The number of benzene rings is 1. The molecule has 2 nitrogen and oxygen atoms in total. The lowest BCUT2D eigenvalue weighted by molar-refractivity contribution is -0.0509. The molecular formula is C15H17BrO2. The monoisotopic (exact) mass is 308 g/mol. The van der Waals surface area contributed by atoms with Crippen molar-refractivity contribution in [2.45, 2.75) is 43.8 Å². The van der Waals surface area contributed by atoms with Gasteiger partial charge in [-0.1, -0.05) is 15.9 Å². The quantitative estimate of drug-likeness (QED) is 0.789. The zero-order valence-electron chi connectivity index (χ0n) is 10.2. The third kappa shape index (κ3) is 1.50. The summed E-state index contributed by atoms with van der Waals surface area (Å²) in [6.07, 6.45) is 5.49. The Morgan fingerprint density at radius 1 is 1.28 bits per heavy atom. The molecular weight excluding hydrogens is 292 g/mol. The molecule has 1 aromatic carbocycles. The van der Waals surface area contributed by atoms with Crippen molar-refractivity contribution in [3.8, 4) is 5.75 Å². The van der Waals surface area contributed by atoms with E-state index in [2.05, 4.69) is 15.9 Å². The van der Waals surface area contributed by atoms with Crippen LogP contribution in [0.4, 0.5) is 0 Å². The van der Waals surface area contributed by atoms with E-state index in [4.69, 9.17) is 4.74 Å². The SMILES string of the molecule is O[C@@H]1CC2(CC3CCC2C3)Oc2ccc(Br)cc21. The average Bonchev–Trinajstić information content (AvgIpc) is 2.91. The molecule has 0 radical (unpaired) electrons. The highest BCUT2D eigenvalue weighted by Crippen LogP contribution is 2.58. The van der Waals surface area contributed by atoms with Gasteiger partial charge in [-0.3, -0.25) is 0 Å². The Morgan fingerprint density at radius 3 is 2.89 bits per heavy atom. The third-order valence-electron chi connectivity index (χ3n) is 5.10. The highest BCUT2D eigenvalue weighted by atomic mass is 79.9. The molecule has 4 rings (SSSR count). The van der Waals surface area contributed by atoms with Crippen molar-refractivity contribution in [2.75, 3.05) is 0 Å². The highest BCUT2D eigenvalue weighted by Gasteiger charge is 2.55. The maximum Gasteiger partial charge on any atom is 0.126 e. The van der Waals surface area contributed by atoms with Crippen LogP contribution in [0.5, 0.6) is 5.75 Å². The maximum absolute atomic E-state index is 10.4. The molecule has 1 aliphatic heterocycles. The summed E-state index contributed by atoms with van der Waals surface area (Å²) in [5.74, 6) is 2.39. The van der Waals surface area contributed by atoms with Crippen LogP contribution in [0.2, 0.25) is 0 Å². The van der Waals surface area contributed by atoms with E-state index in [9.17, 15) is 5.11 Å². The van der Waals surface area contributed by atoms with E-state index < -0.39 is 0 Å². The molecule has 3 unspecified atom stereocenters. The minimum Gasteiger partial charge on any atom is -0.486 e. The van der Waals surface area contributed by atoms with Gasteiger partial charge in [0.25, 0.3) is 0 Å². The fourth-order valence-electron chi connectivity index (χ4n) is 4.34. The van der Waals surface area contributed by atoms with E-state index in [1.807, 2.05) is 18.2 Å². The van der Waals surface area contributed by atoms with Gasteiger partial charge in [-0.2, -0.15) is 0 Å². The van der Waals surface area contributed by atoms with Gasteiger partial charge >= 0.3 is 0 Å². The summed E-state index contributed by atoms with van der Waals surface area (Å²) in [7, 11) is 0. The van der Waals surface area contributed by atoms with Gasteiger partial charge in [-0.25, -0.2) is 0 Å². The first-order valence-corrected chi connectivity index (χ1v) is 7.62. The highest BCUT2D eigenvalue weighted by molar-refractivity contribution is 9.10. The van der Waals surface area contributed by atoms with Gasteiger partial charge in [0.05, 0.1) is 6.10 Å². The van der Waals surface area contributed by atoms with Crippen LogP contribution >= 0.6 is 15.9 Å². The summed E-state index contributed by atoms with van der Waals surface area (Å²) in [6, 6.07) is 5.98. The van der Waals surface area contributed by atoms with Crippen LogP contribution in [-0.4, -0.2) is 10.7 Å². The molecule has 1 spiro atoms. The molecule has 0 saturated heterocycles. The standard InChI is InChI=1S/C15H17BrO2/c16-11-3-4-14-12(6-11)13(17)8-15(18-14)7-9-1-2-10(15)5-9/h3-4,6,9-10,13,17H,1-2,5,7-8H2/t9?,10?,13-,15?/m1/s1. The van der Waals surface area contributed by atoms with E-state index in [0.717, 1.165) is 34.5 Å². The number of rotatable bonds is 0. The molecule has 18 heavy (non-hydrogen) atoms. The smallest absolute Gasteiger partial charge is 0.126 e. The summed E-state index contributed by atoms with van der Waals surface area (Å²) in [4.78, 5) is 0. The van der Waals surface area contributed by atoms with Gasteiger partial charge in [-0.15, -0.1) is 0 Å². The Balaban J connectivity index is 1.74. The van der Waals surface area contributed by atoms with Crippen molar-refractivity contribution < 1.29 is 9.84 Å². The van der Waals surface area contributed by atoms with Crippen molar-refractivity contribution in [3.05, 3.63) is 28.2 Å². The van der Waals surface area contributed by atoms with Crippen molar-refractivity contribution in [3.63, 3.8) is 0 Å². The maximum atomic E-state index is 10.4. The van der Waals surface area contributed by atoms with Crippen molar-refractivity contribution in [1.29, 1.82) is 0 Å². The Kier molecular flexibility index (Phi) is 2.34. The van der Waals surface area contributed by atoms with E-state index in [1.54, 1.807) is 0 Å². The summed E-state index contributed by atoms with van der Waals surface area (Å²) in [5.41, 5.74) is 0.876. The lowest BCUT2D eigenvalue weighted by Gasteiger charge is -2.43. The second kappa shape index (κ2) is 3.73. The van der Waals surface area contributed by atoms with Gasteiger partial charge in [0.1, 0.15) is 11.4 Å². The van der Waals surface area contributed by atoms with Crippen molar-refractivity contribution >= 4 is 15.9 Å². The number of hydrogen-bond acceptors (Lipinski definition) is 2. The summed E-state index contributed by atoms with van der Waals surface area (Å²) in [6.45, 7) is 0. The number of aliphatic hydroxyl groups is 1. The molecule has 3 aliphatic rings. The van der Waals surface area contributed by atoms with Crippen LogP contribution in [0, 0.1) is 11.8 Å². The molecule has 1 aromatic rings. The zero-order chi connectivity index (χ0) is 12.3. The molecule has 0 amide bonds. The van der Waals surface area contributed by atoms with E-state index in [1.165, 1.54) is 19.3 Å². The number of hydrogen-bond donors (Lipinski definition) is 1. The van der Waals surface area contributed by atoms with Crippen LogP contribution in [0.3, 0.4) is 0 Å². The topological polar surface area (TPSA) is 29.5 Å². The molecule has 1 heterocycles. The van der Waals surface area contributed by atoms with Crippen molar-refractivity contribution in [2.24, 2.45) is 11.8 Å². The Morgan fingerprint density at radius 2 is 2.17 bits per heavy atom. The van der Waals surface area contributed by atoms with Gasteiger partial charge in [0.15, 0.2) is 0 Å². The van der Waals surface area contributed by atoms with Crippen molar-refractivity contribution in [1.82, 2.24) is 0 Å². The lowest BCUT2D eigenvalue weighted by atomic mass is 9.77.